The molecule has 1 saturated carbocycles. The van der Waals surface area contributed by atoms with E-state index in [2.05, 4.69) is 98.5 Å². The Morgan fingerprint density at radius 3 is 2.28 bits per heavy atom. The van der Waals surface area contributed by atoms with E-state index in [4.69, 9.17) is 23.7 Å². The number of para-hydroxylation sites is 1. The molecule has 0 aromatic heterocycles. The summed E-state index contributed by atoms with van der Waals surface area (Å²) in [7, 11) is 1.71. The summed E-state index contributed by atoms with van der Waals surface area (Å²) in [5.41, 5.74) is 8.82. The number of nitrogens with zero attached hydrogens (tertiary/aromatic N) is 1. The van der Waals surface area contributed by atoms with Crippen LogP contribution in [0.15, 0.2) is 121 Å². The Kier molecular flexibility index (Phi) is 12.0. The number of hydrogen-bond donors (Lipinski definition) is 0. The molecule has 6 aromatic rings. The molecule has 1 saturated heterocycles. The molecule has 7 heteroatoms. The minimum atomic E-state index is -0.980. The molecule has 1 unspecified atom stereocenters. The van der Waals surface area contributed by atoms with E-state index in [9.17, 15) is 4.79 Å². The number of unbranched alkanes of at least 4 members (excludes halogenated alkanes) is 2. The van der Waals surface area contributed by atoms with Gasteiger partial charge in [-0.3, -0.25) is 0 Å². The molecular weight excluding hydrogens is 807 g/mol. The predicted molar refractivity (Wildman–Crippen MR) is 260 cm³/mol. The van der Waals surface area contributed by atoms with Crippen LogP contribution in [0.25, 0.3) is 28.0 Å². The van der Waals surface area contributed by atoms with Gasteiger partial charge in [-0.25, -0.2) is 4.79 Å². The Labute approximate surface area is 384 Å². The van der Waals surface area contributed by atoms with Gasteiger partial charge in [0, 0.05) is 46.4 Å². The molecule has 0 amide bonds. The van der Waals surface area contributed by atoms with Crippen LogP contribution in [-0.4, -0.2) is 39.4 Å². The van der Waals surface area contributed by atoms with Gasteiger partial charge in [0.25, 0.3) is 0 Å². The van der Waals surface area contributed by atoms with Gasteiger partial charge >= 0.3 is 5.97 Å². The number of esters is 1. The van der Waals surface area contributed by atoms with Crippen molar-refractivity contribution in [3.05, 3.63) is 160 Å². The highest BCUT2D eigenvalue weighted by Gasteiger charge is 2.44. The lowest BCUT2D eigenvalue weighted by atomic mass is 9.77. The number of hydrogen-bond acceptors (Lipinski definition) is 7. The molecule has 3 heterocycles. The van der Waals surface area contributed by atoms with Crippen molar-refractivity contribution in [2.24, 2.45) is 5.92 Å². The number of ether oxygens (including phenoxy) is 5. The van der Waals surface area contributed by atoms with Gasteiger partial charge in [-0.2, -0.15) is 0 Å². The van der Waals surface area contributed by atoms with Crippen LogP contribution >= 0.6 is 0 Å². The Hall–Kier alpha value is -5.89. The smallest absolute Gasteiger partial charge is 0.343 e. The number of carbonyl (C=O) groups excluding carboxylic acids is 1. The third-order valence-corrected chi connectivity index (χ3v) is 14.6. The zero-order chi connectivity index (χ0) is 44.5. The molecule has 6 aromatic carbocycles. The summed E-state index contributed by atoms with van der Waals surface area (Å²) >= 11 is 0. The Balaban J connectivity index is 0.926. The standard InChI is InChI=1S/C58H61NO6/c1-5-6-7-10-39-13-15-40(16-14-39)41-21-28-47(29-22-41)64-56(60)43-19-17-42(18-20-43)44-23-30-48-50(37-44)51-38-63-57(2,3)54(51)49-31-32-58(65-55(48)49,52-11-8-9-12-53(52)61-4)45-24-26-46(27-25-45)59-33-35-62-36-34-59/h8-9,11-12,17-32,37,39-40H,5-7,10,13-16,33-36,38H2,1-4H3. The van der Waals surface area contributed by atoms with Crippen LogP contribution in [0.4, 0.5) is 5.69 Å². The maximum absolute atomic E-state index is 13.4. The molecule has 1 atom stereocenters. The number of fused-ring (bicyclic) bond motifs is 6. The lowest BCUT2D eigenvalue weighted by molar-refractivity contribution is -0.00803. The first-order valence-electron chi connectivity index (χ1n) is 23.9. The van der Waals surface area contributed by atoms with Crippen molar-refractivity contribution in [1.82, 2.24) is 0 Å². The van der Waals surface area contributed by atoms with E-state index < -0.39 is 11.2 Å². The first kappa shape index (κ1) is 43.0. The lowest BCUT2D eigenvalue weighted by Gasteiger charge is -2.39. The monoisotopic (exact) mass is 867 g/mol. The van der Waals surface area contributed by atoms with Crippen molar-refractivity contribution in [2.75, 3.05) is 38.3 Å². The predicted octanol–water partition coefficient (Wildman–Crippen LogP) is 13.5. The first-order chi connectivity index (χ1) is 31.7. The fourth-order valence-corrected chi connectivity index (χ4v) is 10.9. The van der Waals surface area contributed by atoms with Crippen molar-refractivity contribution in [1.29, 1.82) is 0 Å². The van der Waals surface area contributed by atoms with Gasteiger partial charge in [-0.15, -0.1) is 0 Å². The summed E-state index contributed by atoms with van der Waals surface area (Å²) in [6.07, 6.45) is 14.9. The fraction of sp³-hybridized carbons (Fsp3) is 0.362. The van der Waals surface area contributed by atoms with Gasteiger partial charge in [0.1, 0.15) is 17.2 Å². The average Bonchev–Trinajstić information content (AvgIpc) is 3.69. The Morgan fingerprint density at radius 1 is 0.800 bits per heavy atom. The molecule has 1 aliphatic carbocycles. The minimum absolute atomic E-state index is 0.362. The van der Waals surface area contributed by atoms with E-state index in [1.54, 1.807) is 7.11 Å². The number of anilines is 1. The van der Waals surface area contributed by atoms with Crippen molar-refractivity contribution < 1.29 is 28.5 Å². The normalized spacial score (nSPS) is 21.1. The van der Waals surface area contributed by atoms with E-state index >= 15 is 0 Å². The number of methoxy groups -OCH3 is 1. The summed E-state index contributed by atoms with van der Waals surface area (Å²) in [6.45, 7) is 10.2. The third-order valence-electron chi connectivity index (χ3n) is 14.6. The SMILES string of the molecule is CCCCCC1CCC(c2ccc(OC(=O)c3ccc(-c4ccc5c6c(c7c(c5c4)COC7(C)C)C=CC(c4ccc(N5CCOCC5)cc4)(c4ccccc4OC)O6)cc3)cc2)CC1. The summed E-state index contributed by atoms with van der Waals surface area (Å²) in [6, 6.07) is 39.4. The summed E-state index contributed by atoms with van der Waals surface area (Å²) in [5, 5.41) is 2.10. The molecule has 0 radical (unpaired) electrons. The van der Waals surface area contributed by atoms with Gasteiger partial charge in [0.2, 0.25) is 0 Å². The van der Waals surface area contributed by atoms with Crippen LogP contribution in [0, 0.1) is 5.92 Å². The highest BCUT2D eigenvalue weighted by atomic mass is 16.5. The number of benzene rings is 6. The lowest BCUT2D eigenvalue weighted by Crippen LogP contribution is -2.37. The molecule has 10 rings (SSSR count). The first-order valence-corrected chi connectivity index (χ1v) is 23.9. The van der Waals surface area contributed by atoms with Gasteiger partial charge < -0.3 is 28.6 Å². The number of rotatable bonds is 12. The molecular formula is C58H61NO6. The van der Waals surface area contributed by atoms with Gasteiger partial charge in [0.15, 0.2) is 5.60 Å². The van der Waals surface area contributed by atoms with Gasteiger partial charge in [-0.1, -0.05) is 105 Å². The maximum Gasteiger partial charge on any atom is 0.343 e. The second kappa shape index (κ2) is 18.2. The molecule has 0 spiro atoms. The summed E-state index contributed by atoms with van der Waals surface area (Å²) in [5.74, 6) is 3.25. The van der Waals surface area contributed by atoms with E-state index in [1.807, 2.05) is 54.6 Å². The highest BCUT2D eigenvalue weighted by molar-refractivity contribution is 6.00. The van der Waals surface area contributed by atoms with Crippen LogP contribution in [-0.2, 0) is 27.3 Å². The quantitative estimate of drug-likeness (QED) is 0.0689. The van der Waals surface area contributed by atoms with Crippen LogP contribution in [0.1, 0.15) is 122 Å². The molecule has 65 heavy (non-hydrogen) atoms. The molecule has 0 bridgehead atoms. The van der Waals surface area contributed by atoms with E-state index in [-0.39, 0.29) is 5.97 Å². The van der Waals surface area contributed by atoms with E-state index in [1.165, 1.54) is 62.5 Å². The van der Waals surface area contributed by atoms with Crippen molar-refractivity contribution in [3.8, 4) is 28.4 Å². The molecule has 4 aliphatic rings. The van der Waals surface area contributed by atoms with Crippen molar-refractivity contribution >= 4 is 28.5 Å². The van der Waals surface area contributed by atoms with Crippen LogP contribution in [0.3, 0.4) is 0 Å². The van der Waals surface area contributed by atoms with Crippen molar-refractivity contribution in [2.45, 2.75) is 95.9 Å². The minimum Gasteiger partial charge on any atom is -0.496 e. The van der Waals surface area contributed by atoms with E-state index in [0.717, 1.165) is 93.6 Å². The largest absolute Gasteiger partial charge is 0.496 e. The molecule has 334 valence electrons. The average molecular weight is 868 g/mol. The van der Waals surface area contributed by atoms with Crippen molar-refractivity contribution in [3.63, 3.8) is 0 Å². The number of morpholine rings is 1. The third kappa shape index (κ3) is 8.34. The van der Waals surface area contributed by atoms with Crippen LogP contribution in [0.5, 0.6) is 17.2 Å². The molecule has 0 N–H and O–H groups in total. The molecule has 7 nitrogen and oxygen atoms in total. The highest BCUT2D eigenvalue weighted by Crippen LogP contribution is 2.54. The van der Waals surface area contributed by atoms with E-state index in [0.29, 0.717) is 23.8 Å². The zero-order valence-corrected chi connectivity index (χ0v) is 38.4. The molecule has 3 aliphatic heterocycles. The Morgan fingerprint density at radius 2 is 1.54 bits per heavy atom. The zero-order valence-electron chi connectivity index (χ0n) is 38.4. The van der Waals surface area contributed by atoms with Gasteiger partial charge in [-0.05, 0) is 134 Å². The Bertz CT molecular complexity index is 2690. The fourth-order valence-electron chi connectivity index (χ4n) is 10.9. The maximum atomic E-state index is 13.4. The van der Waals surface area contributed by atoms with Crippen LogP contribution < -0.4 is 19.1 Å². The summed E-state index contributed by atoms with van der Waals surface area (Å²) in [4.78, 5) is 15.8. The van der Waals surface area contributed by atoms with Crippen LogP contribution in [0.2, 0.25) is 0 Å². The second-order valence-electron chi connectivity index (χ2n) is 18.9. The van der Waals surface area contributed by atoms with Gasteiger partial charge in [0.05, 0.1) is 38.1 Å². The molecule has 2 fully saturated rings. The summed E-state index contributed by atoms with van der Waals surface area (Å²) < 4.78 is 31.6. The second-order valence-corrected chi connectivity index (χ2v) is 18.9. The number of carbonyl (C=O) groups is 1. The topological polar surface area (TPSA) is 66.5 Å².